The smallest absolute Gasteiger partial charge is 0.224 e. The third kappa shape index (κ3) is 4.58. The first-order valence-corrected chi connectivity index (χ1v) is 8.86. The lowest BCUT2D eigenvalue weighted by atomic mass is 10.1. The van der Waals surface area contributed by atoms with Gasteiger partial charge in [-0.3, -0.25) is 4.79 Å². The highest BCUT2D eigenvalue weighted by Gasteiger charge is 2.26. The Labute approximate surface area is 138 Å². The van der Waals surface area contributed by atoms with E-state index in [1.807, 2.05) is 29.4 Å². The van der Waals surface area contributed by atoms with Crippen molar-refractivity contribution in [2.24, 2.45) is 0 Å². The van der Waals surface area contributed by atoms with Gasteiger partial charge in [-0.15, -0.1) is 0 Å². The minimum Gasteiger partial charge on any atom is -0.381 e. The Morgan fingerprint density at radius 1 is 1.13 bits per heavy atom. The van der Waals surface area contributed by atoms with Gasteiger partial charge in [-0.05, 0) is 44.7 Å². The number of amides is 1. The van der Waals surface area contributed by atoms with Crippen LogP contribution < -0.4 is 0 Å². The highest BCUT2D eigenvalue weighted by atomic mass is 16.5. The molecule has 0 aromatic carbocycles. The maximum absolute atomic E-state index is 12.5. The van der Waals surface area contributed by atoms with Gasteiger partial charge >= 0.3 is 0 Å². The van der Waals surface area contributed by atoms with Crippen molar-refractivity contribution in [2.45, 2.75) is 57.3 Å². The van der Waals surface area contributed by atoms with Crippen molar-refractivity contribution in [1.29, 1.82) is 0 Å². The molecule has 0 saturated carbocycles. The molecule has 0 spiro atoms. The first-order chi connectivity index (χ1) is 11.2. The second-order valence-electron chi connectivity index (χ2n) is 6.71. The molecule has 1 amide bonds. The van der Waals surface area contributed by atoms with Crippen LogP contribution in [0.5, 0.6) is 0 Å². The van der Waals surface area contributed by atoms with E-state index in [-0.39, 0.29) is 11.9 Å². The van der Waals surface area contributed by atoms with Crippen LogP contribution in [0.15, 0.2) is 24.5 Å². The molecule has 0 N–H and O–H groups in total. The van der Waals surface area contributed by atoms with Gasteiger partial charge in [-0.1, -0.05) is 0 Å². The molecule has 0 radical (unpaired) electrons. The summed E-state index contributed by atoms with van der Waals surface area (Å²) in [5.74, 6) is 0.260. The molecule has 1 atom stereocenters. The zero-order valence-corrected chi connectivity index (χ0v) is 14.0. The molecule has 1 aromatic heterocycles. The van der Waals surface area contributed by atoms with Crippen molar-refractivity contribution < 1.29 is 14.3 Å². The van der Waals surface area contributed by atoms with Crippen molar-refractivity contribution >= 4 is 5.91 Å². The first kappa shape index (κ1) is 16.5. The average molecular weight is 320 g/mol. The van der Waals surface area contributed by atoms with Gasteiger partial charge in [0.2, 0.25) is 5.91 Å². The molecule has 23 heavy (non-hydrogen) atoms. The van der Waals surface area contributed by atoms with Crippen LogP contribution in [0.25, 0.3) is 0 Å². The third-order valence-electron chi connectivity index (χ3n) is 4.95. The molecule has 5 nitrogen and oxygen atoms in total. The van der Waals surface area contributed by atoms with E-state index in [0.717, 1.165) is 52.0 Å². The molecule has 2 saturated heterocycles. The summed E-state index contributed by atoms with van der Waals surface area (Å²) in [6, 6.07) is 4.22. The zero-order chi connectivity index (χ0) is 16.1. The Hall–Kier alpha value is -1.33. The lowest BCUT2D eigenvalue weighted by Crippen LogP contribution is -2.42. The van der Waals surface area contributed by atoms with Crippen LogP contribution >= 0.6 is 0 Å². The molecule has 0 unspecified atom stereocenters. The number of carbonyl (C=O) groups is 1. The molecule has 0 bridgehead atoms. The molecule has 0 aliphatic carbocycles. The van der Waals surface area contributed by atoms with E-state index in [1.165, 1.54) is 0 Å². The summed E-state index contributed by atoms with van der Waals surface area (Å²) in [5, 5.41) is 0. The van der Waals surface area contributed by atoms with Gasteiger partial charge in [0.15, 0.2) is 0 Å². The Morgan fingerprint density at radius 2 is 1.74 bits per heavy atom. The number of piperidine rings is 1. The van der Waals surface area contributed by atoms with Gasteiger partial charge in [0.05, 0.1) is 12.2 Å². The van der Waals surface area contributed by atoms with Crippen molar-refractivity contribution in [3.05, 3.63) is 24.5 Å². The van der Waals surface area contributed by atoms with Gasteiger partial charge in [0.25, 0.3) is 0 Å². The second kappa shape index (κ2) is 7.97. The minimum atomic E-state index is 0.216. The molecule has 2 aliphatic heterocycles. The minimum absolute atomic E-state index is 0.216. The number of hydrogen-bond donors (Lipinski definition) is 0. The number of nitrogens with zero attached hydrogens (tertiary/aromatic N) is 2. The lowest BCUT2D eigenvalue weighted by Gasteiger charge is -2.35. The van der Waals surface area contributed by atoms with Gasteiger partial charge in [-0.2, -0.15) is 0 Å². The number of carbonyl (C=O) groups excluding carboxylic acids is 1. The summed E-state index contributed by atoms with van der Waals surface area (Å²) in [5.41, 5.74) is 0. The third-order valence-corrected chi connectivity index (χ3v) is 4.95. The van der Waals surface area contributed by atoms with E-state index < -0.39 is 0 Å². The predicted molar refractivity (Wildman–Crippen MR) is 88.3 cm³/mol. The van der Waals surface area contributed by atoms with E-state index in [4.69, 9.17) is 9.47 Å². The lowest BCUT2D eigenvalue weighted by molar-refractivity contribution is -0.136. The van der Waals surface area contributed by atoms with Gasteiger partial charge in [-0.25, -0.2) is 0 Å². The molecular formula is C18H28N2O3. The van der Waals surface area contributed by atoms with Crippen molar-refractivity contribution in [2.75, 3.05) is 26.3 Å². The maximum atomic E-state index is 12.5. The Bertz CT molecular complexity index is 474. The molecule has 5 heteroatoms. The highest BCUT2D eigenvalue weighted by molar-refractivity contribution is 5.76. The molecule has 3 heterocycles. The number of aromatic nitrogens is 1. The fourth-order valence-electron chi connectivity index (χ4n) is 3.45. The summed E-state index contributed by atoms with van der Waals surface area (Å²) in [6.45, 7) is 5.38. The Balaban J connectivity index is 1.40. The Morgan fingerprint density at radius 3 is 2.39 bits per heavy atom. The zero-order valence-electron chi connectivity index (χ0n) is 14.0. The SMILES string of the molecule is C[C@H](CC(=O)N1CCC(OC2CCOCC2)CC1)n1cccc1. The summed E-state index contributed by atoms with van der Waals surface area (Å²) >= 11 is 0. The van der Waals surface area contributed by atoms with E-state index in [2.05, 4.69) is 11.5 Å². The van der Waals surface area contributed by atoms with Crippen molar-refractivity contribution in [1.82, 2.24) is 9.47 Å². The molecule has 3 rings (SSSR count). The van der Waals surface area contributed by atoms with Crippen LogP contribution in [0, 0.1) is 0 Å². The topological polar surface area (TPSA) is 43.7 Å². The monoisotopic (exact) mass is 320 g/mol. The molecular weight excluding hydrogens is 292 g/mol. The highest BCUT2D eigenvalue weighted by Crippen LogP contribution is 2.21. The van der Waals surface area contributed by atoms with Gasteiger partial charge < -0.3 is 18.9 Å². The maximum Gasteiger partial charge on any atom is 0.224 e. The predicted octanol–water partition coefficient (Wildman–Crippen LogP) is 2.63. The van der Waals surface area contributed by atoms with Crippen molar-refractivity contribution in [3.63, 3.8) is 0 Å². The summed E-state index contributed by atoms with van der Waals surface area (Å²) in [4.78, 5) is 14.5. The second-order valence-corrected chi connectivity index (χ2v) is 6.71. The normalized spacial score (nSPS) is 22.2. The van der Waals surface area contributed by atoms with Crippen LogP contribution in [-0.2, 0) is 14.3 Å². The fraction of sp³-hybridized carbons (Fsp3) is 0.722. The number of likely N-dealkylation sites (tertiary alicyclic amines) is 1. The quantitative estimate of drug-likeness (QED) is 0.838. The number of ether oxygens (including phenoxy) is 2. The molecule has 2 fully saturated rings. The van der Waals surface area contributed by atoms with Crippen LogP contribution in [0.1, 0.15) is 45.1 Å². The van der Waals surface area contributed by atoms with Gasteiger partial charge in [0, 0.05) is 51.2 Å². The number of rotatable bonds is 5. The summed E-state index contributed by atoms with van der Waals surface area (Å²) in [6.07, 6.45) is 9.20. The largest absolute Gasteiger partial charge is 0.381 e. The number of hydrogen-bond acceptors (Lipinski definition) is 3. The van der Waals surface area contributed by atoms with Gasteiger partial charge in [0.1, 0.15) is 0 Å². The molecule has 2 aliphatic rings. The standard InChI is InChI=1S/C18H28N2O3/c1-15(19-8-2-3-9-19)14-18(21)20-10-4-16(5-11-20)23-17-6-12-22-13-7-17/h2-3,8-9,15-17H,4-7,10-14H2,1H3/t15-/m1/s1. The summed E-state index contributed by atoms with van der Waals surface area (Å²) in [7, 11) is 0. The van der Waals surface area contributed by atoms with Crippen molar-refractivity contribution in [3.8, 4) is 0 Å². The van der Waals surface area contributed by atoms with Crippen LogP contribution in [0.2, 0.25) is 0 Å². The van der Waals surface area contributed by atoms with E-state index >= 15 is 0 Å². The first-order valence-electron chi connectivity index (χ1n) is 8.86. The van der Waals surface area contributed by atoms with Crippen LogP contribution in [0.3, 0.4) is 0 Å². The van der Waals surface area contributed by atoms with E-state index in [9.17, 15) is 4.79 Å². The molecule has 1 aromatic rings. The van der Waals surface area contributed by atoms with E-state index in [1.54, 1.807) is 0 Å². The average Bonchev–Trinajstić information content (AvgIpc) is 3.11. The van der Waals surface area contributed by atoms with Crippen LogP contribution in [-0.4, -0.2) is 53.9 Å². The summed E-state index contributed by atoms with van der Waals surface area (Å²) < 4.78 is 13.6. The fourth-order valence-corrected chi connectivity index (χ4v) is 3.45. The molecule has 128 valence electrons. The van der Waals surface area contributed by atoms with Crippen LogP contribution in [0.4, 0.5) is 0 Å². The van der Waals surface area contributed by atoms with E-state index in [0.29, 0.717) is 18.6 Å². The Kier molecular flexibility index (Phi) is 5.73.